The van der Waals surface area contributed by atoms with Crippen molar-refractivity contribution in [3.05, 3.63) is 103 Å². The molecule has 193 valence electrons. The number of aromatic nitrogens is 4. The van der Waals surface area contributed by atoms with Crippen LogP contribution in [0.4, 0.5) is 11.4 Å². The van der Waals surface area contributed by atoms with Crippen LogP contribution in [0.2, 0.25) is 0 Å². The zero-order chi connectivity index (χ0) is 26.0. The van der Waals surface area contributed by atoms with Crippen molar-refractivity contribution >= 4 is 22.7 Å². The number of fused-ring (bicyclic) bond motifs is 1. The molecular formula is C31H28N7S. The summed E-state index contributed by atoms with van der Waals surface area (Å²) in [6, 6.07) is 28.0. The molecule has 8 heteroatoms. The lowest BCUT2D eigenvalue weighted by Gasteiger charge is -2.37. The van der Waals surface area contributed by atoms with Crippen molar-refractivity contribution in [2.24, 2.45) is 0 Å². The molecule has 0 amide bonds. The van der Waals surface area contributed by atoms with E-state index in [1.165, 1.54) is 28.3 Å². The normalized spacial score (nSPS) is 15.7. The van der Waals surface area contributed by atoms with Gasteiger partial charge in [-0.3, -0.25) is 4.90 Å². The summed E-state index contributed by atoms with van der Waals surface area (Å²) in [5.41, 5.74) is 7.43. The molecule has 0 saturated carbocycles. The van der Waals surface area contributed by atoms with E-state index in [0.717, 1.165) is 60.0 Å². The molecule has 4 heterocycles. The number of rotatable bonds is 6. The van der Waals surface area contributed by atoms with Crippen LogP contribution in [0.25, 0.3) is 33.3 Å². The van der Waals surface area contributed by atoms with Gasteiger partial charge < -0.3 is 10.2 Å². The standard InChI is InChI=1S/C31H28N7S/c1-2-6-23(7-3-1)29-28(34-30(36-35-29)31-32-16-19-39-31)24-12-10-22(11-13-24)20-37-17-14-25(15-18-37)38-21-33-26-8-4-5-9-27(26)38/h1-13,16,19,21,25,33H,14-15,17-18,20H2. The Morgan fingerprint density at radius 2 is 1.59 bits per heavy atom. The molecule has 2 aromatic heterocycles. The van der Waals surface area contributed by atoms with Gasteiger partial charge in [0.1, 0.15) is 18.1 Å². The summed E-state index contributed by atoms with van der Waals surface area (Å²) in [5.74, 6) is 0.555. The smallest absolute Gasteiger partial charge is 0.211 e. The summed E-state index contributed by atoms with van der Waals surface area (Å²) in [6.45, 7) is 5.26. The molecule has 0 atom stereocenters. The molecule has 3 aromatic carbocycles. The van der Waals surface area contributed by atoms with E-state index in [1.54, 1.807) is 6.20 Å². The van der Waals surface area contributed by atoms with Crippen LogP contribution in [0.5, 0.6) is 0 Å². The zero-order valence-electron chi connectivity index (χ0n) is 21.4. The molecule has 2 aliphatic heterocycles. The molecule has 0 aliphatic carbocycles. The quantitative estimate of drug-likeness (QED) is 0.274. The fourth-order valence-electron chi connectivity index (χ4n) is 5.46. The minimum absolute atomic E-state index is 0.536. The number of benzene rings is 3. The maximum absolute atomic E-state index is 4.92. The highest BCUT2D eigenvalue weighted by molar-refractivity contribution is 7.13. The average molecular weight is 531 g/mol. The summed E-state index contributed by atoms with van der Waals surface area (Å²) in [5, 5.41) is 15.1. The Morgan fingerprint density at radius 3 is 2.38 bits per heavy atom. The number of hydrogen-bond acceptors (Lipinski definition) is 8. The first-order valence-electron chi connectivity index (χ1n) is 13.3. The van der Waals surface area contributed by atoms with Gasteiger partial charge in [-0.05, 0) is 30.5 Å². The van der Waals surface area contributed by atoms with Crippen LogP contribution in [-0.2, 0) is 6.54 Å². The van der Waals surface area contributed by atoms with Gasteiger partial charge in [0, 0.05) is 48.4 Å². The molecular weight excluding hydrogens is 502 g/mol. The average Bonchev–Trinajstić information content (AvgIpc) is 3.69. The van der Waals surface area contributed by atoms with Gasteiger partial charge in [0.05, 0.1) is 11.4 Å². The summed E-state index contributed by atoms with van der Waals surface area (Å²) < 4.78 is 0. The van der Waals surface area contributed by atoms with E-state index < -0.39 is 0 Å². The molecule has 0 bridgehead atoms. The number of piperidine rings is 1. The SMILES string of the molecule is [CH]1Nc2ccccc2N1C1CCN(Cc2ccc(-c3nc(-c4nccs4)nnc3-c3ccccc3)cc2)CC1. The molecule has 1 N–H and O–H groups in total. The Balaban J connectivity index is 1.07. The van der Waals surface area contributed by atoms with Crippen molar-refractivity contribution in [1.29, 1.82) is 0 Å². The topological polar surface area (TPSA) is 70.1 Å². The Labute approximate surface area is 232 Å². The number of para-hydroxylation sites is 2. The van der Waals surface area contributed by atoms with Crippen molar-refractivity contribution in [1.82, 2.24) is 25.1 Å². The van der Waals surface area contributed by atoms with E-state index in [-0.39, 0.29) is 0 Å². The molecule has 1 radical (unpaired) electrons. The van der Waals surface area contributed by atoms with Crippen LogP contribution in [0.1, 0.15) is 18.4 Å². The molecule has 0 unspecified atom stereocenters. The van der Waals surface area contributed by atoms with Crippen LogP contribution < -0.4 is 10.2 Å². The van der Waals surface area contributed by atoms with E-state index in [1.807, 2.05) is 35.7 Å². The van der Waals surface area contributed by atoms with Gasteiger partial charge in [0.15, 0.2) is 5.01 Å². The van der Waals surface area contributed by atoms with E-state index in [4.69, 9.17) is 4.98 Å². The maximum atomic E-state index is 4.92. The number of hydrogen-bond donors (Lipinski definition) is 1. The third-order valence-corrected chi connectivity index (χ3v) is 8.25. The van der Waals surface area contributed by atoms with Gasteiger partial charge in [-0.25, -0.2) is 9.97 Å². The number of anilines is 2. The summed E-state index contributed by atoms with van der Waals surface area (Å²) >= 11 is 1.52. The van der Waals surface area contributed by atoms with Crippen molar-refractivity contribution in [2.75, 3.05) is 23.3 Å². The first-order chi connectivity index (χ1) is 19.3. The summed E-state index contributed by atoms with van der Waals surface area (Å²) in [4.78, 5) is 14.3. The lowest BCUT2D eigenvalue weighted by Crippen LogP contribution is -2.43. The lowest BCUT2D eigenvalue weighted by atomic mass is 10.0. The Hall–Kier alpha value is -4.14. The summed E-state index contributed by atoms with van der Waals surface area (Å²) in [7, 11) is 0. The van der Waals surface area contributed by atoms with Gasteiger partial charge >= 0.3 is 0 Å². The first-order valence-corrected chi connectivity index (χ1v) is 14.2. The number of nitrogens with one attached hydrogen (secondary N) is 1. The van der Waals surface area contributed by atoms with E-state index in [0.29, 0.717) is 11.9 Å². The van der Waals surface area contributed by atoms with Gasteiger partial charge in [-0.2, -0.15) is 0 Å². The highest BCUT2D eigenvalue weighted by atomic mass is 32.1. The molecule has 2 aliphatic rings. The van der Waals surface area contributed by atoms with Crippen molar-refractivity contribution in [3.8, 4) is 33.3 Å². The predicted molar refractivity (Wildman–Crippen MR) is 157 cm³/mol. The van der Waals surface area contributed by atoms with Gasteiger partial charge in [-0.15, -0.1) is 21.5 Å². The Kier molecular flexibility index (Phi) is 6.48. The van der Waals surface area contributed by atoms with Gasteiger partial charge in [0.2, 0.25) is 5.82 Å². The maximum Gasteiger partial charge on any atom is 0.211 e. The van der Waals surface area contributed by atoms with Crippen LogP contribution >= 0.6 is 11.3 Å². The van der Waals surface area contributed by atoms with Crippen LogP contribution in [0, 0.1) is 6.67 Å². The molecule has 39 heavy (non-hydrogen) atoms. The fraction of sp³-hybridized carbons (Fsp3) is 0.194. The molecule has 7 rings (SSSR count). The molecule has 0 spiro atoms. The Bertz CT molecular complexity index is 1550. The molecule has 7 nitrogen and oxygen atoms in total. The van der Waals surface area contributed by atoms with E-state index in [2.05, 4.69) is 85.5 Å². The monoisotopic (exact) mass is 530 g/mol. The fourth-order valence-corrected chi connectivity index (χ4v) is 6.02. The zero-order valence-corrected chi connectivity index (χ0v) is 22.3. The lowest BCUT2D eigenvalue weighted by molar-refractivity contribution is 0.204. The first kappa shape index (κ1) is 23.9. The van der Waals surface area contributed by atoms with Gasteiger partial charge in [0.25, 0.3) is 0 Å². The van der Waals surface area contributed by atoms with Crippen LogP contribution in [-0.4, -0.2) is 44.2 Å². The second-order valence-electron chi connectivity index (χ2n) is 9.94. The number of thiazole rings is 1. The second-order valence-corrected chi connectivity index (χ2v) is 10.8. The molecule has 5 aromatic rings. The highest BCUT2D eigenvalue weighted by Gasteiger charge is 2.29. The third kappa shape index (κ3) is 4.89. The largest absolute Gasteiger partial charge is 0.360 e. The highest BCUT2D eigenvalue weighted by Crippen LogP contribution is 2.36. The third-order valence-electron chi connectivity index (χ3n) is 7.48. The van der Waals surface area contributed by atoms with Crippen molar-refractivity contribution in [2.45, 2.75) is 25.4 Å². The predicted octanol–water partition coefficient (Wildman–Crippen LogP) is 6.34. The van der Waals surface area contributed by atoms with Crippen LogP contribution in [0.3, 0.4) is 0 Å². The summed E-state index contributed by atoms with van der Waals surface area (Å²) in [6.07, 6.45) is 4.07. The van der Waals surface area contributed by atoms with Crippen molar-refractivity contribution < 1.29 is 0 Å². The number of nitrogens with zero attached hydrogens (tertiary/aromatic N) is 6. The van der Waals surface area contributed by atoms with Gasteiger partial charge in [-0.1, -0.05) is 66.7 Å². The van der Waals surface area contributed by atoms with Crippen molar-refractivity contribution in [3.63, 3.8) is 0 Å². The minimum atomic E-state index is 0.536. The molecule has 1 saturated heterocycles. The van der Waals surface area contributed by atoms with E-state index in [9.17, 15) is 0 Å². The molecule has 1 fully saturated rings. The Morgan fingerprint density at radius 1 is 0.821 bits per heavy atom. The minimum Gasteiger partial charge on any atom is -0.360 e. The van der Waals surface area contributed by atoms with Crippen LogP contribution in [0.15, 0.2) is 90.4 Å². The second kappa shape index (κ2) is 10.6. The number of likely N-dealkylation sites (tertiary alicyclic amines) is 1. The van der Waals surface area contributed by atoms with E-state index >= 15 is 0 Å².